The number of benzene rings is 3. The van der Waals surface area contributed by atoms with E-state index in [1.807, 2.05) is 13.0 Å². The van der Waals surface area contributed by atoms with Crippen molar-refractivity contribution in [3.05, 3.63) is 99.0 Å². The molecular weight excluding hydrogens is 488 g/mol. The lowest BCUT2D eigenvalue weighted by Crippen LogP contribution is -2.14. The molecule has 0 aliphatic rings. The number of ether oxygens (including phenoxy) is 1. The summed E-state index contributed by atoms with van der Waals surface area (Å²) >= 11 is 3.34. The second-order valence-electron chi connectivity index (χ2n) is 6.94. The number of rotatable bonds is 6. The van der Waals surface area contributed by atoms with Gasteiger partial charge in [0.1, 0.15) is 17.4 Å². The number of carbonyl (C=O) groups excluding carboxylic acids is 2. The Labute approximate surface area is 198 Å². The van der Waals surface area contributed by atoms with Crippen molar-refractivity contribution in [2.75, 3.05) is 5.32 Å². The van der Waals surface area contributed by atoms with Gasteiger partial charge in [-0.05, 0) is 67.6 Å². The molecule has 0 saturated carbocycles. The third-order valence-corrected chi connectivity index (χ3v) is 5.01. The number of esters is 1. The highest BCUT2D eigenvalue weighted by Crippen LogP contribution is 2.27. The van der Waals surface area contributed by atoms with Crippen molar-refractivity contribution < 1.29 is 24.2 Å². The smallest absolute Gasteiger partial charge is 0.343 e. The van der Waals surface area contributed by atoms with Crippen LogP contribution < -0.4 is 10.1 Å². The van der Waals surface area contributed by atoms with Crippen molar-refractivity contribution in [1.82, 2.24) is 0 Å². The highest BCUT2D eigenvalue weighted by atomic mass is 79.9. The van der Waals surface area contributed by atoms with E-state index in [9.17, 15) is 19.6 Å². The molecule has 0 heterocycles. The molecule has 0 aliphatic carbocycles. The zero-order valence-electron chi connectivity index (χ0n) is 17.3. The number of carboxylic acid groups (broad SMARTS) is 1. The van der Waals surface area contributed by atoms with E-state index in [0.29, 0.717) is 21.3 Å². The molecule has 3 aromatic rings. The lowest BCUT2D eigenvalue weighted by atomic mass is 10.1. The number of hydrogen-bond donors (Lipinski definition) is 2. The minimum Gasteiger partial charge on any atom is -0.478 e. The number of nitriles is 1. The molecule has 0 aliphatic heterocycles. The van der Waals surface area contributed by atoms with Crippen LogP contribution in [0.3, 0.4) is 0 Å². The van der Waals surface area contributed by atoms with Gasteiger partial charge in [-0.1, -0.05) is 33.6 Å². The first-order valence-corrected chi connectivity index (χ1v) is 10.4. The number of amides is 1. The van der Waals surface area contributed by atoms with Crippen LogP contribution in [0.4, 0.5) is 5.69 Å². The summed E-state index contributed by atoms with van der Waals surface area (Å²) in [5.41, 5.74) is 1.87. The van der Waals surface area contributed by atoms with Crippen LogP contribution in [-0.2, 0) is 4.79 Å². The molecule has 0 radical (unpaired) electrons. The number of nitrogens with one attached hydrogen (secondary N) is 1. The summed E-state index contributed by atoms with van der Waals surface area (Å²) in [4.78, 5) is 36.1. The number of anilines is 1. The van der Waals surface area contributed by atoms with Crippen LogP contribution in [0.2, 0.25) is 0 Å². The number of nitrogens with zero attached hydrogens (tertiary/aromatic N) is 1. The van der Waals surface area contributed by atoms with Crippen molar-refractivity contribution in [2.45, 2.75) is 6.92 Å². The van der Waals surface area contributed by atoms with Gasteiger partial charge in [0.05, 0.1) is 11.1 Å². The lowest BCUT2D eigenvalue weighted by molar-refractivity contribution is -0.112. The van der Waals surface area contributed by atoms with Gasteiger partial charge in [0.2, 0.25) is 0 Å². The summed E-state index contributed by atoms with van der Waals surface area (Å²) in [5.74, 6) is -2.19. The van der Waals surface area contributed by atoms with E-state index in [4.69, 9.17) is 9.84 Å². The summed E-state index contributed by atoms with van der Waals surface area (Å²) in [6.07, 6.45) is 1.31. The number of halogens is 1. The van der Waals surface area contributed by atoms with E-state index in [1.165, 1.54) is 30.3 Å². The number of carboxylic acids is 1. The average Bonchev–Trinajstić information content (AvgIpc) is 2.79. The van der Waals surface area contributed by atoms with Crippen LogP contribution in [0.15, 0.2) is 76.8 Å². The molecule has 0 bridgehead atoms. The van der Waals surface area contributed by atoms with Crippen molar-refractivity contribution in [1.29, 1.82) is 5.26 Å². The molecule has 0 spiro atoms. The minimum absolute atomic E-state index is 0.0678. The van der Waals surface area contributed by atoms with Gasteiger partial charge >= 0.3 is 11.9 Å². The maximum absolute atomic E-state index is 12.6. The number of hydrogen-bond acceptors (Lipinski definition) is 5. The molecular formula is C25H17BrN2O5. The Morgan fingerprint density at radius 3 is 2.24 bits per heavy atom. The Morgan fingerprint density at radius 1 is 1.00 bits per heavy atom. The van der Waals surface area contributed by atoms with Crippen LogP contribution >= 0.6 is 15.9 Å². The van der Waals surface area contributed by atoms with Gasteiger partial charge in [-0.2, -0.15) is 5.26 Å². The highest BCUT2D eigenvalue weighted by molar-refractivity contribution is 9.10. The number of aromatic carboxylic acids is 1. The molecule has 2 N–H and O–H groups in total. The fraction of sp³-hybridized carbons (Fsp3) is 0.0400. The van der Waals surface area contributed by atoms with Crippen molar-refractivity contribution in [3.8, 4) is 11.8 Å². The first-order valence-electron chi connectivity index (χ1n) is 9.61. The molecule has 0 atom stereocenters. The average molecular weight is 505 g/mol. The minimum atomic E-state index is -1.09. The molecule has 0 unspecified atom stereocenters. The molecule has 164 valence electrons. The van der Waals surface area contributed by atoms with E-state index < -0.39 is 17.8 Å². The van der Waals surface area contributed by atoms with Gasteiger partial charge in [-0.25, -0.2) is 9.59 Å². The van der Waals surface area contributed by atoms with E-state index in [1.54, 1.807) is 42.5 Å². The monoisotopic (exact) mass is 504 g/mol. The van der Waals surface area contributed by atoms with E-state index in [2.05, 4.69) is 21.2 Å². The summed E-state index contributed by atoms with van der Waals surface area (Å²) in [6, 6.07) is 19.1. The van der Waals surface area contributed by atoms with E-state index >= 15 is 0 Å². The summed E-state index contributed by atoms with van der Waals surface area (Å²) < 4.78 is 6.16. The van der Waals surface area contributed by atoms with Gasteiger partial charge in [-0.3, -0.25) is 4.79 Å². The normalized spacial score (nSPS) is 10.8. The van der Waals surface area contributed by atoms with Gasteiger partial charge in [-0.15, -0.1) is 0 Å². The van der Waals surface area contributed by atoms with Gasteiger partial charge in [0.25, 0.3) is 5.91 Å². The Hall–Kier alpha value is -4.22. The van der Waals surface area contributed by atoms with Gasteiger partial charge < -0.3 is 15.2 Å². The third-order valence-electron chi connectivity index (χ3n) is 4.52. The van der Waals surface area contributed by atoms with E-state index in [-0.39, 0.29) is 16.9 Å². The Morgan fingerprint density at radius 2 is 1.64 bits per heavy atom. The zero-order chi connectivity index (χ0) is 24.0. The number of carbonyl (C=O) groups is 3. The maximum Gasteiger partial charge on any atom is 0.343 e. The largest absolute Gasteiger partial charge is 0.478 e. The number of aryl methyl sites for hydroxylation is 1. The van der Waals surface area contributed by atoms with Crippen LogP contribution in [0.1, 0.15) is 31.8 Å². The van der Waals surface area contributed by atoms with Crippen LogP contribution in [0.5, 0.6) is 5.75 Å². The molecule has 1 amide bonds. The summed E-state index contributed by atoms with van der Waals surface area (Å²) in [7, 11) is 0. The first kappa shape index (κ1) is 23.4. The topological polar surface area (TPSA) is 116 Å². The molecule has 7 nitrogen and oxygen atoms in total. The molecule has 8 heteroatoms. The summed E-state index contributed by atoms with van der Waals surface area (Å²) in [5, 5.41) is 21.0. The van der Waals surface area contributed by atoms with Gasteiger partial charge in [0.15, 0.2) is 0 Å². The van der Waals surface area contributed by atoms with Gasteiger partial charge in [0, 0.05) is 15.7 Å². The molecule has 33 heavy (non-hydrogen) atoms. The molecule has 0 aromatic heterocycles. The lowest BCUT2D eigenvalue weighted by Gasteiger charge is -2.10. The summed E-state index contributed by atoms with van der Waals surface area (Å²) in [6.45, 7) is 1.90. The van der Waals surface area contributed by atoms with E-state index in [0.717, 1.165) is 5.56 Å². The second kappa shape index (κ2) is 10.4. The van der Waals surface area contributed by atoms with Crippen molar-refractivity contribution in [2.24, 2.45) is 0 Å². The first-order chi connectivity index (χ1) is 15.8. The maximum atomic E-state index is 12.6. The predicted octanol–water partition coefficient (Wildman–Crippen LogP) is 5.22. The van der Waals surface area contributed by atoms with Crippen LogP contribution in [0.25, 0.3) is 6.08 Å². The molecule has 3 aromatic carbocycles. The van der Waals surface area contributed by atoms with Crippen LogP contribution in [-0.4, -0.2) is 23.0 Å². The predicted molar refractivity (Wildman–Crippen MR) is 126 cm³/mol. The second-order valence-corrected chi connectivity index (χ2v) is 7.86. The Bertz CT molecular complexity index is 1290. The molecule has 0 fully saturated rings. The fourth-order valence-electron chi connectivity index (χ4n) is 2.77. The quantitative estimate of drug-likeness (QED) is 0.205. The standard InChI is InChI=1S/C25H17BrN2O5/c1-15-2-4-17(5-3-15)25(32)33-22-11-8-20(26)13-18(22)12-19(14-27)23(29)28-21-9-6-16(7-10-21)24(30)31/h2-13H,1H3,(H,28,29)(H,30,31)/b19-12+. The Balaban J connectivity index is 1.85. The highest BCUT2D eigenvalue weighted by Gasteiger charge is 2.15. The van der Waals surface area contributed by atoms with Crippen molar-refractivity contribution >= 4 is 45.5 Å². The molecule has 3 rings (SSSR count). The fourth-order valence-corrected chi connectivity index (χ4v) is 3.15. The Kier molecular flexibility index (Phi) is 7.38. The van der Waals surface area contributed by atoms with Crippen LogP contribution in [0, 0.1) is 18.3 Å². The van der Waals surface area contributed by atoms with Crippen molar-refractivity contribution in [3.63, 3.8) is 0 Å². The zero-order valence-corrected chi connectivity index (χ0v) is 18.9. The SMILES string of the molecule is Cc1ccc(C(=O)Oc2ccc(Br)cc2/C=C(\C#N)C(=O)Nc2ccc(C(=O)O)cc2)cc1. The third kappa shape index (κ3) is 6.15. The molecule has 0 saturated heterocycles.